The zero-order valence-electron chi connectivity index (χ0n) is 10.7. The van der Waals surface area contributed by atoms with Gasteiger partial charge in [-0.1, -0.05) is 12.1 Å². The first kappa shape index (κ1) is 14.9. The highest BCUT2D eigenvalue weighted by atomic mass is 79.9. The predicted molar refractivity (Wildman–Crippen MR) is 81.2 cm³/mol. The van der Waals surface area contributed by atoms with E-state index < -0.39 is 9.85 Å². The van der Waals surface area contributed by atoms with Crippen molar-refractivity contribution in [2.24, 2.45) is 0 Å². The Kier molecular flexibility index (Phi) is 4.49. The maximum Gasteiger partial charge on any atom is 0.271 e. The lowest BCUT2D eigenvalue weighted by molar-refractivity contribution is -0.385. The van der Waals surface area contributed by atoms with Gasteiger partial charge in [0.15, 0.2) is 0 Å². The van der Waals surface area contributed by atoms with Crippen LogP contribution in [0.1, 0.15) is 5.56 Å². The molecule has 0 aromatic heterocycles. The molecule has 0 amide bonds. The molecule has 2 aromatic carbocycles. The van der Waals surface area contributed by atoms with Gasteiger partial charge in [0.25, 0.3) is 11.4 Å². The van der Waals surface area contributed by atoms with Crippen LogP contribution < -0.4 is 5.32 Å². The molecular weight excluding hydrogens is 342 g/mol. The van der Waals surface area contributed by atoms with Crippen LogP contribution in [0.2, 0.25) is 0 Å². The zero-order valence-corrected chi connectivity index (χ0v) is 12.2. The summed E-state index contributed by atoms with van der Waals surface area (Å²) in [6.07, 6.45) is 0. The topological polar surface area (TPSA) is 98.3 Å². The maximum absolute atomic E-state index is 10.7. The zero-order chi connectivity index (χ0) is 15.4. The van der Waals surface area contributed by atoms with Gasteiger partial charge in [-0.3, -0.25) is 20.2 Å². The summed E-state index contributed by atoms with van der Waals surface area (Å²) in [5, 5.41) is 24.5. The molecule has 0 fully saturated rings. The van der Waals surface area contributed by atoms with Crippen molar-refractivity contribution in [2.75, 3.05) is 5.32 Å². The molecule has 0 aliphatic carbocycles. The Labute approximate surface area is 128 Å². The molecule has 2 aromatic rings. The van der Waals surface area contributed by atoms with Crippen molar-refractivity contribution in [1.29, 1.82) is 0 Å². The van der Waals surface area contributed by atoms with Gasteiger partial charge >= 0.3 is 0 Å². The third kappa shape index (κ3) is 3.76. The molecule has 0 aliphatic heterocycles. The van der Waals surface area contributed by atoms with E-state index in [2.05, 4.69) is 21.2 Å². The maximum atomic E-state index is 10.7. The van der Waals surface area contributed by atoms with Crippen molar-refractivity contribution in [1.82, 2.24) is 0 Å². The van der Waals surface area contributed by atoms with Crippen molar-refractivity contribution in [3.63, 3.8) is 0 Å². The van der Waals surface area contributed by atoms with Crippen LogP contribution >= 0.6 is 15.9 Å². The number of rotatable bonds is 5. The van der Waals surface area contributed by atoms with Crippen LogP contribution in [0.25, 0.3) is 0 Å². The van der Waals surface area contributed by atoms with E-state index in [4.69, 9.17) is 0 Å². The molecular formula is C13H10BrN3O4. The molecule has 0 atom stereocenters. The van der Waals surface area contributed by atoms with Crippen molar-refractivity contribution in [2.45, 2.75) is 6.54 Å². The summed E-state index contributed by atoms with van der Waals surface area (Å²) < 4.78 is 0.679. The van der Waals surface area contributed by atoms with E-state index in [0.717, 1.165) is 0 Å². The molecule has 1 N–H and O–H groups in total. The number of hydrogen-bond donors (Lipinski definition) is 1. The smallest absolute Gasteiger partial charge is 0.271 e. The second kappa shape index (κ2) is 6.31. The molecule has 7 nitrogen and oxygen atoms in total. The molecule has 0 saturated heterocycles. The van der Waals surface area contributed by atoms with Crippen molar-refractivity contribution in [3.8, 4) is 0 Å². The van der Waals surface area contributed by atoms with Crippen LogP contribution in [0.3, 0.4) is 0 Å². The van der Waals surface area contributed by atoms with E-state index in [1.807, 2.05) is 0 Å². The number of benzene rings is 2. The van der Waals surface area contributed by atoms with E-state index in [0.29, 0.717) is 22.3 Å². The Morgan fingerprint density at radius 2 is 1.67 bits per heavy atom. The van der Waals surface area contributed by atoms with E-state index >= 15 is 0 Å². The van der Waals surface area contributed by atoms with Gasteiger partial charge in [-0.15, -0.1) is 0 Å². The standard InChI is InChI=1S/C13H10BrN3O4/c14-12-5-4-11(17(20)21)7-13(12)15-8-9-2-1-3-10(6-9)16(18)19/h1-7,15H,8H2. The molecule has 8 heteroatoms. The first-order valence-corrected chi connectivity index (χ1v) is 6.68. The molecule has 2 rings (SSSR count). The van der Waals surface area contributed by atoms with Crippen molar-refractivity contribution in [3.05, 3.63) is 72.7 Å². The quantitative estimate of drug-likeness (QED) is 0.650. The van der Waals surface area contributed by atoms with Gasteiger partial charge in [0.1, 0.15) is 0 Å². The normalized spacial score (nSPS) is 10.1. The fourth-order valence-corrected chi connectivity index (χ4v) is 2.13. The third-order valence-electron chi connectivity index (χ3n) is 2.77. The van der Waals surface area contributed by atoms with Gasteiger partial charge in [-0.05, 0) is 27.6 Å². The first-order chi connectivity index (χ1) is 9.97. The van der Waals surface area contributed by atoms with Crippen LogP contribution in [0, 0.1) is 20.2 Å². The van der Waals surface area contributed by atoms with Crippen LogP contribution in [-0.2, 0) is 6.54 Å². The number of non-ortho nitro benzene ring substituents is 2. The highest BCUT2D eigenvalue weighted by Crippen LogP contribution is 2.27. The molecule has 0 saturated carbocycles. The fourth-order valence-electron chi connectivity index (χ4n) is 1.74. The lowest BCUT2D eigenvalue weighted by Crippen LogP contribution is -2.01. The Hall–Kier alpha value is -2.48. The predicted octanol–water partition coefficient (Wildman–Crippen LogP) is 3.88. The summed E-state index contributed by atoms with van der Waals surface area (Å²) in [7, 11) is 0. The van der Waals surface area contributed by atoms with E-state index in [1.165, 1.54) is 24.3 Å². The van der Waals surface area contributed by atoms with E-state index in [9.17, 15) is 20.2 Å². The van der Waals surface area contributed by atoms with Crippen LogP contribution in [0.5, 0.6) is 0 Å². The molecule has 0 unspecified atom stereocenters. The molecule has 108 valence electrons. The minimum Gasteiger partial charge on any atom is -0.380 e. The monoisotopic (exact) mass is 351 g/mol. The highest BCUT2D eigenvalue weighted by molar-refractivity contribution is 9.10. The molecule has 0 heterocycles. The molecule has 0 spiro atoms. The van der Waals surface area contributed by atoms with Gasteiger partial charge in [-0.2, -0.15) is 0 Å². The number of hydrogen-bond acceptors (Lipinski definition) is 5. The summed E-state index contributed by atoms with van der Waals surface area (Å²) in [4.78, 5) is 20.5. The van der Waals surface area contributed by atoms with E-state index in [-0.39, 0.29) is 11.4 Å². The minimum atomic E-state index is -0.481. The number of nitro benzene ring substituents is 2. The van der Waals surface area contributed by atoms with Crippen LogP contribution in [-0.4, -0.2) is 9.85 Å². The minimum absolute atomic E-state index is 0.00686. The largest absolute Gasteiger partial charge is 0.380 e. The third-order valence-corrected chi connectivity index (χ3v) is 3.46. The summed E-state index contributed by atoms with van der Waals surface area (Å²) in [5.74, 6) is 0. The lowest BCUT2D eigenvalue weighted by Gasteiger charge is -2.08. The molecule has 0 bridgehead atoms. The molecule has 0 radical (unpaired) electrons. The second-order valence-electron chi connectivity index (χ2n) is 4.20. The van der Waals surface area contributed by atoms with Crippen LogP contribution in [0.15, 0.2) is 46.9 Å². The Morgan fingerprint density at radius 1 is 1.00 bits per heavy atom. The number of anilines is 1. The number of nitro groups is 2. The number of nitrogens with one attached hydrogen (secondary N) is 1. The van der Waals surface area contributed by atoms with Crippen molar-refractivity contribution >= 4 is 33.0 Å². The number of halogens is 1. The van der Waals surface area contributed by atoms with Gasteiger partial charge in [0, 0.05) is 35.3 Å². The summed E-state index contributed by atoms with van der Waals surface area (Å²) >= 11 is 3.30. The Bertz CT molecular complexity index is 706. The van der Waals surface area contributed by atoms with Crippen molar-refractivity contribution < 1.29 is 9.85 Å². The fraction of sp³-hybridized carbons (Fsp3) is 0.0769. The summed E-state index contributed by atoms with van der Waals surface area (Å²) in [6.45, 7) is 0.321. The van der Waals surface area contributed by atoms with E-state index in [1.54, 1.807) is 18.2 Å². The average molecular weight is 352 g/mol. The number of nitrogens with zero attached hydrogens (tertiary/aromatic N) is 2. The highest BCUT2D eigenvalue weighted by Gasteiger charge is 2.10. The summed E-state index contributed by atoms with van der Waals surface area (Å²) in [5.41, 5.74) is 1.24. The van der Waals surface area contributed by atoms with Gasteiger partial charge < -0.3 is 5.32 Å². The average Bonchev–Trinajstić information content (AvgIpc) is 2.46. The Morgan fingerprint density at radius 3 is 2.33 bits per heavy atom. The Balaban J connectivity index is 2.16. The molecule has 0 aliphatic rings. The van der Waals surface area contributed by atoms with Gasteiger partial charge in [0.05, 0.1) is 15.5 Å². The lowest BCUT2D eigenvalue weighted by atomic mass is 10.2. The van der Waals surface area contributed by atoms with Gasteiger partial charge in [-0.25, -0.2) is 0 Å². The van der Waals surface area contributed by atoms with Gasteiger partial charge in [0.2, 0.25) is 0 Å². The first-order valence-electron chi connectivity index (χ1n) is 5.88. The summed E-state index contributed by atoms with van der Waals surface area (Å²) in [6, 6.07) is 10.6. The van der Waals surface area contributed by atoms with Crippen LogP contribution in [0.4, 0.5) is 17.1 Å². The second-order valence-corrected chi connectivity index (χ2v) is 5.06. The SMILES string of the molecule is O=[N+]([O-])c1cccc(CNc2cc([N+](=O)[O-])ccc2Br)c1. The molecule has 21 heavy (non-hydrogen) atoms.